The Morgan fingerprint density at radius 2 is 1.91 bits per heavy atom. The molecule has 0 aliphatic rings. The van der Waals surface area contributed by atoms with Crippen molar-refractivity contribution in [1.29, 1.82) is 0 Å². The first-order valence-electron chi connectivity index (χ1n) is 10.7. The molecule has 3 rings (SSSR count). The van der Waals surface area contributed by atoms with Crippen LogP contribution in [0.25, 0.3) is 11.2 Å². The number of likely N-dealkylation sites (N-methyl/N-ethyl adjacent to an activating group) is 1. The van der Waals surface area contributed by atoms with Gasteiger partial charge in [0, 0.05) is 20.7 Å². The van der Waals surface area contributed by atoms with Crippen LogP contribution in [0.1, 0.15) is 24.5 Å². The Morgan fingerprint density at radius 1 is 1.24 bits per heavy atom. The average molecular weight is 492 g/mol. The van der Waals surface area contributed by atoms with Gasteiger partial charge in [0.25, 0.3) is 0 Å². The van der Waals surface area contributed by atoms with Crippen molar-refractivity contribution in [2.24, 2.45) is 0 Å². The van der Waals surface area contributed by atoms with E-state index in [-0.39, 0.29) is 48.4 Å². The summed E-state index contributed by atoms with van der Waals surface area (Å²) in [6.07, 6.45) is 0.393. The summed E-state index contributed by atoms with van der Waals surface area (Å²) in [5, 5.41) is 0. The fourth-order valence-corrected chi connectivity index (χ4v) is 4.37. The quantitative estimate of drug-likeness (QED) is 0.453. The van der Waals surface area contributed by atoms with Gasteiger partial charge in [-0.15, -0.1) is 0 Å². The van der Waals surface area contributed by atoms with Gasteiger partial charge in [-0.1, -0.05) is 36.8 Å². The van der Waals surface area contributed by atoms with E-state index in [2.05, 4.69) is 14.7 Å². The highest BCUT2D eigenvalue weighted by atomic mass is 32.2. The predicted octanol–water partition coefficient (Wildman–Crippen LogP) is 1.23. The summed E-state index contributed by atoms with van der Waals surface area (Å²) < 4.78 is 34.0. The number of anilines is 2. The molecule has 3 aromatic rings. The molecule has 0 unspecified atom stereocenters. The second-order valence-electron chi connectivity index (χ2n) is 7.91. The van der Waals surface area contributed by atoms with Crippen LogP contribution in [-0.4, -0.2) is 71.5 Å². The minimum atomic E-state index is -3.70. The van der Waals surface area contributed by atoms with Crippen molar-refractivity contribution in [2.45, 2.75) is 26.8 Å². The van der Waals surface area contributed by atoms with Gasteiger partial charge in [-0.2, -0.15) is 9.97 Å². The Kier molecular flexibility index (Phi) is 7.57. The summed E-state index contributed by atoms with van der Waals surface area (Å²) in [5.41, 5.74) is 7.35. The zero-order valence-electron chi connectivity index (χ0n) is 19.6. The molecule has 2 heterocycles. The smallest absolute Gasteiger partial charge is 0.339 e. The molecular formula is C21H29N7O5S. The summed E-state index contributed by atoms with van der Waals surface area (Å²) in [5.74, 6) is -0.602. The van der Waals surface area contributed by atoms with Crippen LogP contribution in [0.3, 0.4) is 0 Å². The van der Waals surface area contributed by atoms with Crippen molar-refractivity contribution in [3.8, 4) is 0 Å². The summed E-state index contributed by atoms with van der Waals surface area (Å²) in [7, 11) is -0.670. The SMILES string of the molecule is CCCS(=O)(=O)Nc1nc(N)c2c(n1)n(Cc1ccc(C)cc1)c(=O)n2C(=O)N(C)CCOC. The molecule has 34 heavy (non-hydrogen) atoms. The van der Waals surface area contributed by atoms with Gasteiger partial charge in [0.2, 0.25) is 16.0 Å². The van der Waals surface area contributed by atoms with Crippen molar-refractivity contribution in [3.05, 3.63) is 45.9 Å². The van der Waals surface area contributed by atoms with Gasteiger partial charge in [-0.25, -0.2) is 22.6 Å². The van der Waals surface area contributed by atoms with E-state index in [4.69, 9.17) is 10.5 Å². The number of nitrogens with one attached hydrogen (secondary N) is 1. The highest BCUT2D eigenvalue weighted by Gasteiger charge is 2.26. The highest BCUT2D eigenvalue weighted by Crippen LogP contribution is 2.21. The first-order chi connectivity index (χ1) is 16.1. The number of hydrogen-bond acceptors (Lipinski definition) is 8. The van der Waals surface area contributed by atoms with Crippen molar-refractivity contribution in [2.75, 3.05) is 43.5 Å². The third-order valence-corrected chi connectivity index (χ3v) is 6.56. The number of rotatable bonds is 9. The number of methoxy groups -OCH3 is 1. The Morgan fingerprint density at radius 3 is 2.53 bits per heavy atom. The van der Waals surface area contributed by atoms with Crippen LogP contribution < -0.4 is 16.1 Å². The molecule has 1 amide bonds. The summed E-state index contributed by atoms with van der Waals surface area (Å²) >= 11 is 0. The Labute approximate surface area is 197 Å². The van der Waals surface area contributed by atoms with Crippen LogP contribution in [0.15, 0.2) is 29.1 Å². The molecule has 2 aromatic heterocycles. The molecule has 0 bridgehead atoms. The number of carbonyl (C=O) groups excluding carboxylic acids is 1. The van der Waals surface area contributed by atoms with E-state index < -0.39 is 21.7 Å². The Hall–Kier alpha value is -3.45. The zero-order chi connectivity index (χ0) is 25.0. The standard InChI is InChI=1S/C21H29N7O5S/c1-5-12-34(31,32)25-19-23-17(22)16-18(24-19)27(13-15-8-6-14(2)7-9-15)21(30)28(16)20(29)26(3)10-11-33-4/h6-9H,5,10-13H2,1-4H3,(H3,22,23,24,25). The number of aryl methyl sites for hydroxylation is 1. The fraction of sp³-hybridized carbons (Fsp3) is 0.429. The second kappa shape index (κ2) is 10.2. The van der Waals surface area contributed by atoms with Crippen LogP contribution in [0, 0.1) is 6.92 Å². The molecule has 0 atom stereocenters. The molecule has 0 aliphatic carbocycles. The lowest BCUT2D eigenvalue weighted by Gasteiger charge is -2.16. The van der Waals surface area contributed by atoms with E-state index in [9.17, 15) is 18.0 Å². The third kappa shape index (κ3) is 5.37. The first-order valence-corrected chi connectivity index (χ1v) is 12.3. The molecule has 0 saturated heterocycles. The van der Waals surface area contributed by atoms with Crippen LogP contribution in [0.5, 0.6) is 0 Å². The van der Waals surface area contributed by atoms with Crippen molar-refractivity contribution >= 4 is 39.0 Å². The maximum Gasteiger partial charge on any atom is 0.339 e. The van der Waals surface area contributed by atoms with Gasteiger partial charge < -0.3 is 15.4 Å². The molecule has 13 heteroatoms. The largest absolute Gasteiger partial charge is 0.383 e. The van der Waals surface area contributed by atoms with E-state index in [0.29, 0.717) is 6.42 Å². The molecule has 3 N–H and O–H groups in total. The number of aromatic nitrogens is 4. The van der Waals surface area contributed by atoms with E-state index in [1.165, 1.54) is 23.6 Å². The monoisotopic (exact) mass is 491 g/mol. The van der Waals surface area contributed by atoms with E-state index in [1.54, 1.807) is 6.92 Å². The van der Waals surface area contributed by atoms with E-state index in [1.807, 2.05) is 31.2 Å². The lowest BCUT2D eigenvalue weighted by molar-refractivity contribution is 0.160. The minimum Gasteiger partial charge on any atom is -0.383 e. The lowest BCUT2D eigenvalue weighted by atomic mass is 10.1. The van der Waals surface area contributed by atoms with Crippen molar-refractivity contribution in [3.63, 3.8) is 0 Å². The number of benzene rings is 1. The fourth-order valence-electron chi connectivity index (χ4n) is 3.36. The molecule has 0 radical (unpaired) electrons. The summed E-state index contributed by atoms with van der Waals surface area (Å²) in [4.78, 5) is 36.2. The van der Waals surface area contributed by atoms with Crippen LogP contribution in [0.4, 0.5) is 16.6 Å². The number of ether oxygens (including phenoxy) is 1. The van der Waals surface area contributed by atoms with Crippen LogP contribution >= 0.6 is 0 Å². The van der Waals surface area contributed by atoms with Gasteiger partial charge in [0.15, 0.2) is 11.5 Å². The molecule has 184 valence electrons. The number of fused-ring (bicyclic) bond motifs is 1. The van der Waals surface area contributed by atoms with Gasteiger partial charge in [0.05, 0.1) is 18.9 Å². The molecular weight excluding hydrogens is 462 g/mol. The number of carbonyl (C=O) groups is 1. The number of sulfonamides is 1. The number of nitrogens with zero attached hydrogens (tertiary/aromatic N) is 5. The van der Waals surface area contributed by atoms with Gasteiger partial charge in [0.1, 0.15) is 5.52 Å². The van der Waals surface area contributed by atoms with Crippen LogP contribution in [0.2, 0.25) is 0 Å². The number of nitrogens with two attached hydrogens (primary N) is 1. The number of amides is 1. The topological polar surface area (TPSA) is 154 Å². The maximum absolute atomic E-state index is 13.4. The van der Waals surface area contributed by atoms with Gasteiger partial charge in [-0.3, -0.25) is 9.29 Å². The molecule has 0 saturated carbocycles. The van der Waals surface area contributed by atoms with Crippen molar-refractivity contribution < 1.29 is 17.9 Å². The summed E-state index contributed by atoms with van der Waals surface area (Å²) in [6.45, 7) is 4.27. The summed E-state index contributed by atoms with van der Waals surface area (Å²) in [6, 6.07) is 6.87. The van der Waals surface area contributed by atoms with Crippen LogP contribution in [-0.2, 0) is 21.3 Å². The second-order valence-corrected chi connectivity index (χ2v) is 9.75. The Balaban J connectivity index is 2.20. The molecule has 0 fully saturated rings. The van der Waals surface area contributed by atoms with E-state index in [0.717, 1.165) is 15.7 Å². The first kappa shape index (κ1) is 25.2. The minimum absolute atomic E-state index is 0.00446. The molecule has 0 spiro atoms. The molecule has 0 aliphatic heterocycles. The number of nitrogen functional groups attached to an aromatic ring is 1. The molecule has 1 aromatic carbocycles. The Bertz CT molecular complexity index is 1350. The third-order valence-electron chi connectivity index (χ3n) is 5.12. The predicted molar refractivity (Wildman–Crippen MR) is 129 cm³/mol. The zero-order valence-corrected chi connectivity index (χ0v) is 20.4. The number of hydrogen-bond donors (Lipinski definition) is 2. The maximum atomic E-state index is 13.4. The van der Waals surface area contributed by atoms with Gasteiger partial charge >= 0.3 is 11.7 Å². The molecule has 12 nitrogen and oxygen atoms in total. The average Bonchev–Trinajstić information content (AvgIpc) is 3.04. The highest BCUT2D eigenvalue weighted by molar-refractivity contribution is 7.92. The normalized spacial score (nSPS) is 11.6. The van der Waals surface area contributed by atoms with Gasteiger partial charge in [-0.05, 0) is 18.9 Å². The number of imidazole rings is 1. The van der Waals surface area contributed by atoms with Crippen molar-refractivity contribution in [1.82, 2.24) is 24.0 Å². The lowest BCUT2D eigenvalue weighted by Crippen LogP contribution is -2.39. The van der Waals surface area contributed by atoms with E-state index >= 15 is 0 Å².